The Hall–Kier alpha value is -0.0900. The molecule has 0 saturated carbocycles. The summed E-state index contributed by atoms with van der Waals surface area (Å²) in [5.74, 6) is 0.749. The molecule has 0 radical (unpaired) electrons. The molecule has 18 heavy (non-hydrogen) atoms. The molecule has 1 N–H and O–H groups in total. The van der Waals surface area contributed by atoms with E-state index in [-0.39, 0.29) is 0 Å². The molecule has 1 aromatic rings. The molecule has 1 aromatic carbocycles. The van der Waals surface area contributed by atoms with Crippen LogP contribution in [0.2, 0.25) is 5.02 Å². The van der Waals surface area contributed by atoms with Gasteiger partial charge in [0, 0.05) is 23.7 Å². The Bertz CT molecular complexity index is 393. The normalized spacial score (nSPS) is 18.8. The van der Waals surface area contributed by atoms with E-state index in [9.17, 15) is 0 Å². The van der Waals surface area contributed by atoms with Gasteiger partial charge in [0.05, 0.1) is 5.02 Å². The molecule has 1 heterocycles. The van der Waals surface area contributed by atoms with Crippen LogP contribution in [-0.4, -0.2) is 20.3 Å². The highest BCUT2D eigenvalue weighted by molar-refractivity contribution is 9.10. The van der Waals surface area contributed by atoms with Crippen molar-refractivity contribution in [3.05, 3.63) is 33.3 Å². The smallest absolute Gasteiger partial charge is 0.0551 e. The van der Waals surface area contributed by atoms with Crippen LogP contribution in [0, 0.1) is 5.92 Å². The van der Waals surface area contributed by atoms with E-state index in [0.717, 1.165) is 35.0 Å². The summed E-state index contributed by atoms with van der Waals surface area (Å²) in [5.41, 5.74) is 1.26. The molecule has 2 rings (SSSR count). The highest BCUT2D eigenvalue weighted by atomic mass is 79.9. The van der Waals surface area contributed by atoms with Gasteiger partial charge < -0.3 is 10.1 Å². The molecule has 2 nitrogen and oxygen atoms in total. The van der Waals surface area contributed by atoms with Gasteiger partial charge in [-0.15, -0.1) is 0 Å². The molecule has 1 saturated heterocycles. The number of benzene rings is 1. The van der Waals surface area contributed by atoms with Gasteiger partial charge in [-0.1, -0.05) is 17.7 Å². The highest BCUT2D eigenvalue weighted by Crippen LogP contribution is 2.31. The topological polar surface area (TPSA) is 21.3 Å². The predicted octanol–water partition coefficient (Wildman–Crippen LogP) is 4.18. The minimum atomic E-state index is 0.374. The van der Waals surface area contributed by atoms with Crippen molar-refractivity contribution in [3.8, 4) is 0 Å². The third kappa shape index (κ3) is 3.70. The number of halogens is 2. The van der Waals surface area contributed by atoms with Crippen LogP contribution in [0.4, 0.5) is 0 Å². The van der Waals surface area contributed by atoms with E-state index in [1.54, 1.807) is 0 Å². The molecule has 0 aromatic heterocycles. The zero-order valence-corrected chi connectivity index (χ0v) is 12.9. The molecule has 0 amide bonds. The number of hydrogen-bond donors (Lipinski definition) is 1. The minimum absolute atomic E-state index is 0.374. The molecule has 0 aliphatic carbocycles. The molecule has 1 atom stereocenters. The lowest BCUT2D eigenvalue weighted by molar-refractivity contribution is 0.0608. The summed E-state index contributed by atoms with van der Waals surface area (Å²) in [6.07, 6.45) is 3.49. The van der Waals surface area contributed by atoms with Crippen LogP contribution in [-0.2, 0) is 4.74 Å². The Morgan fingerprint density at radius 2 is 2.17 bits per heavy atom. The fraction of sp³-hybridized carbons (Fsp3) is 0.571. The van der Waals surface area contributed by atoms with Crippen LogP contribution in [0.15, 0.2) is 22.7 Å². The van der Waals surface area contributed by atoms with E-state index in [1.165, 1.54) is 18.4 Å². The van der Waals surface area contributed by atoms with Crippen molar-refractivity contribution in [2.75, 3.05) is 20.3 Å². The lowest BCUT2D eigenvalue weighted by Gasteiger charge is -2.27. The monoisotopic (exact) mass is 331 g/mol. The molecule has 0 bridgehead atoms. The van der Waals surface area contributed by atoms with Crippen molar-refractivity contribution >= 4 is 27.5 Å². The third-order valence-corrected chi connectivity index (χ3v) is 4.84. The van der Waals surface area contributed by atoms with Gasteiger partial charge in [-0.05, 0) is 65.9 Å². The zero-order valence-electron chi connectivity index (χ0n) is 10.6. The Morgan fingerprint density at radius 1 is 1.44 bits per heavy atom. The molecular weight excluding hydrogens is 314 g/mol. The molecule has 0 spiro atoms. The number of hydrogen-bond acceptors (Lipinski definition) is 2. The van der Waals surface area contributed by atoms with Crippen molar-refractivity contribution in [1.82, 2.24) is 5.32 Å². The van der Waals surface area contributed by atoms with Crippen molar-refractivity contribution < 1.29 is 4.74 Å². The van der Waals surface area contributed by atoms with Gasteiger partial charge >= 0.3 is 0 Å². The quantitative estimate of drug-likeness (QED) is 0.893. The van der Waals surface area contributed by atoms with Gasteiger partial charge in [-0.3, -0.25) is 0 Å². The lowest BCUT2D eigenvalue weighted by atomic mass is 9.89. The van der Waals surface area contributed by atoms with Gasteiger partial charge in [0.2, 0.25) is 0 Å². The van der Waals surface area contributed by atoms with Crippen LogP contribution in [0.3, 0.4) is 0 Å². The first-order chi connectivity index (χ1) is 8.70. The van der Waals surface area contributed by atoms with Gasteiger partial charge in [0.15, 0.2) is 0 Å². The van der Waals surface area contributed by atoms with Crippen molar-refractivity contribution in [2.45, 2.75) is 25.3 Å². The van der Waals surface area contributed by atoms with Gasteiger partial charge in [0.1, 0.15) is 0 Å². The Balaban J connectivity index is 2.04. The summed E-state index contributed by atoms with van der Waals surface area (Å²) in [5, 5.41) is 4.18. The average molecular weight is 333 g/mol. The van der Waals surface area contributed by atoms with Gasteiger partial charge in [-0.2, -0.15) is 0 Å². The maximum absolute atomic E-state index is 6.16. The van der Waals surface area contributed by atoms with E-state index in [0.29, 0.717) is 6.04 Å². The summed E-state index contributed by atoms with van der Waals surface area (Å²) < 4.78 is 6.36. The standard InChI is InChI=1S/C14H19BrClNO/c1-17-14(8-10-4-6-18-7-5-10)11-2-3-12(15)13(16)9-11/h2-3,9-10,14,17H,4-8H2,1H3. The molecule has 100 valence electrons. The van der Waals surface area contributed by atoms with E-state index < -0.39 is 0 Å². The van der Waals surface area contributed by atoms with Crippen LogP contribution >= 0.6 is 27.5 Å². The summed E-state index contributed by atoms with van der Waals surface area (Å²) in [6, 6.07) is 6.58. The molecule has 4 heteroatoms. The van der Waals surface area contributed by atoms with E-state index >= 15 is 0 Å². The Kier molecular flexibility index (Phi) is 5.49. The Morgan fingerprint density at radius 3 is 2.78 bits per heavy atom. The fourth-order valence-electron chi connectivity index (χ4n) is 2.47. The van der Waals surface area contributed by atoms with Crippen molar-refractivity contribution in [2.24, 2.45) is 5.92 Å². The van der Waals surface area contributed by atoms with E-state index in [2.05, 4.69) is 27.3 Å². The maximum atomic E-state index is 6.16. The largest absolute Gasteiger partial charge is 0.381 e. The molecule has 1 fully saturated rings. The number of nitrogens with one attached hydrogen (secondary N) is 1. The lowest BCUT2D eigenvalue weighted by Crippen LogP contribution is -2.23. The Labute approximate surface area is 122 Å². The number of rotatable bonds is 4. The van der Waals surface area contributed by atoms with Crippen LogP contribution in [0.1, 0.15) is 30.9 Å². The summed E-state index contributed by atoms with van der Waals surface area (Å²) >= 11 is 9.59. The summed E-state index contributed by atoms with van der Waals surface area (Å²) in [6.45, 7) is 1.81. The van der Waals surface area contributed by atoms with Crippen LogP contribution in [0.25, 0.3) is 0 Å². The number of ether oxygens (including phenoxy) is 1. The fourth-order valence-corrected chi connectivity index (χ4v) is 2.90. The SMILES string of the molecule is CNC(CC1CCOCC1)c1ccc(Br)c(Cl)c1. The van der Waals surface area contributed by atoms with Crippen molar-refractivity contribution in [3.63, 3.8) is 0 Å². The van der Waals surface area contributed by atoms with Gasteiger partial charge in [-0.25, -0.2) is 0 Å². The summed E-state index contributed by atoms with van der Waals surface area (Å²) in [7, 11) is 2.01. The molecule has 1 aliphatic rings. The van der Waals surface area contributed by atoms with Gasteiger partial charge in [0.25, 0.3) is 0 Å². The summed E-state index contributed by atoms with van der Waals surface area (Å²) in [4.78, 5) is 0. The van der Waals surface area contributed by atoms with E-state index in [1.807, 2.05) is 19.2 Å². The van der Waals surface area contributed by atoms with Crippen LogP contribution < -0.4 is 5.32 Å². The third-order valence-electron chi connectivity index (χ3n) is 3.60. The highest BCUT2D eigenvalue weighted by Gasteiger charge is 2.19. The second-order valence-corrected chi connectivity index (χ2v) is 6.07. The molecule has 1 aliphatic heterocycles. The molecule has 1 unspecified atom stereocenters. The van der Waals surface area contributed by atoms with E-state index in [4.69, 9.17) is 16.3 Å². The second kappa shape index (κ2) is 6.90. The maximum Gasteiger partial charge on any atom is 0.0551 e. The predicted molar refractivity (Wildman–Crippen MR) is 79.1 cm³/mol. The second-order valence-electron chi connectivity index (χ2n) is 4.81. The van der Waals surface area contributed by atoms with Crippen LogP contribution in [0.5, 0.6) is 0 Å². The zero-order chi connectivity index (χ0) is 13.0. The van der Waals surface area contributed by atoms with Crippen molar-refractivity contribution in [1.29, 1.82) is 0 Å². The minimum Gasteiger partial charge on any atom is -0.381 e. The first-order valence-corrected chi connectivity index (χ1v) is 7.57. The first-order valence-electron chi connectivity index (χ1n) is 6.40. The molecular formula is C14H19BrClNO. The first kappa shape index (κ1) is 14.3. The average Bonchev–Trinajstić information content (AvgIpc) is 2.40.